The Labute approximate surface area is 115 Å². The summed E-state index contributed by atoms with van der Waals surface area (Å²) in [5.41, 5.74) is -0.0231. The van der Waals surface area contributed by atoms with Crippen molar-refractivity contribution < 1.29 is 22.6 Å². The van der Waals surface area contributed by atoms with E-state index in [9.17, 15) is 13.2 Å². The number of alkyl halides is 3. The summed E-state index contributed by atoms with van der Waals surface area (Å²) < 4.78 is 48.1. The van der Waals surface area contributed by atoms with Gasteiger partial charge in [0.2, 0.25) is 0 Å². The maximum absolute atomic E-state index is 12.6. The van der Waals surface area contributed by atoms with Crippen LogP contribution in [0, 0.1) is 0 Å². The predicted molar refractivity (Wildman–Crippen MR) is 66.8 cm³/mol. The minimum atomic E-state index is -4.36. The lowest BCUT2D eigenvalue weighted by atomic mass is 10.0. The van der Waals surface area contributed by atoms with Crippen molar-refractivity contribution in [3.05, 3.63) is 29.3 Å². The lowest BCUT2D eigenvalue weighted by Gasteiger charge is -2.26. The summed E-state index contributed by atoms with van der Waals surface area (Å²) in [6.07, 6.45) is -4.36. The molecule has 0 aliphatic carbocycles. The summed E-state index contributed by atoms with van der Waals surface area (Å²) in [6.45, 7) is 1.72. The van der Waals surface area contributed by atoms with Gasteiger partial charge in [0.1, 0.15) is 5.75 Å². The van der Waals surface area contributed by atoms with Gasteiger partial charge in [-0.2, -0.15) is 13.2 Å². The Morgan fingerprint density at radius 3 is 2.63 bits per heavy atom. The Hall–Kier alpha value is -0.980. The van der Waals surface area contributed by atoms with E-state index in [4.69, 9.17) is 9.47 Å². The van der Waals surface area contributed by atoms with Gasteiger partial charge in [-0.15, -0.1) is 12.4 Å². The van der Waals surface area contributed by atoms with Crippen LogP contribution in [0.4, 0.5) is 13.2 Å². The van der Waals surface area contributed by atoms with Crippen molar-refractivity contribution in [2.24, 2.45) is 0 Å². The summed E-state index contributed by atoms with van der Waals surface area (Å²) in [7, 11) is 1.36. The normalized spacial score (nSPS) is 19.7. The minimum Gasteiger partial charge on any atom is -0.496 e. The van der Waals surface area contributed by atoms with Crippen LogP contribution in [-0.2, 0) is 10.9 Å². The predicted octanol–water partition coefficient (Wildman–Crippen LogP) is 2.80. The number of methoxy groups -OCH3 is 1. The molecule has 1 atom stereocenters. The fourth-order valence-electron chi connectivity index (χ4n) is 1.94. The molecule has 2 rings (SSSR count). The molecule has 1 saturated heterocycles. The molecule has 0 unspecified atom stereocenters. The van der Waals surface area contributed by atoms with Crippen LogP contribution in [0.2, 0.25) is 0 Å². The first-order chi connectivity index (χ1) is 8.52. The second-order valence-corrected chi connectivity index (χ2v) is 4.04. The van der Waals surface area contributed by atoms with Gasteiger partial charge in [0.15, 0.2) is 0 Å². The molecule has 1 aromatic rings. The van der Waals surface area contributed by atoms with Gasteiger partial charge in [-0.3, -0.25) is 0 Å². The fourth-order valence-corrected chi connectivity index (χ4v) is 1.94. The highest BCUT2D eigenvalue weighted by Gasteiger charge is 2.32. The fraction of sp³-hybridized carbons (Fsp3) is 0.500. The Bertz CT molecular complexity index is 420. The first-order valence-electron chi connectivity index (χ1n) is 5.58. The zero-order valence-electron chi connectivity index (χ0n) is 10.3. The number of rotatable bonds is 2. The van der Waals surface area contributed by atoms with Crippen molar-refractivity contribution in [3.63, 3.8) is 0 Å². The maximum Gasteiger partial charge on any atom is 0.416 e. The third-order valence-electron chi connectivity index (χ3n) is 2.86. The first kappa shape index (κ1) is 16.1. The molecule has 1 N–H and O–H groups in total. The first-order valence-corrected chi connectivity index (χ1v) is 5.58. The van der Waals surface area contributed by atoms with Crippen molar-refractivity contribution in [1.82, 2.24) is 5.32 Å². The van der Waals surface area contributed by atoms with Crippen LogP contribution >= 0.6 is 12.4 Å². The van der Waals surface area contributed by atoms with Gasteiger partial charge >= 0.3 is 6.18 Å². The van der Waals surface area contributed by atoms with Crippen LogP contribution in [0.3, 0.4) is 0 Å². The summed E-state index contributed by atoms with van der Waals surface area (Å²) in [6, 6.07) is 3.39. The number of hydrogen-bond donors (Lipinski definition) is 1. The Morgan fingerprint density at radius 1 is 1.37 bits per heavy atom. The summed E-state index contributed by atoms with van der Waals surface area (Å²) in [4.78, 5) is 0. The van der Waals surface area contributed by atoms with Gasteiger partial charge in [0, 0.05) is 12.1 Å². The third-order valence-corrected chi connectivity index (χ3v) is 2.86. The van der Waals surface area contributed by atoms with Gasteiger partial charge in [-0.25, -0.2) is 0 Å². The molecule has 1 aliphatic rings. The van der Waals surface area contributed by atoms with Crippen molar-refractivity contribution in [2.45, 2.75) is 12.2 Å². The Balaban J connectivity index is 0.00000180. The molecule has 1 heterocycles. The van der Waals surface area contributed by atoms with Gasteiger partial charge in [0.25, 0.3) is 0 Å². The highest BCUT2D eigenvalue weighted by Crippen LogP contribution is 2.35. The molecule has 0 amide bonds. The van der Waals surface area contributed by atoms with E-state index in [2.05, 4.69) is 5.32 Å². The van der Waals surface area contributed by atoms with Gasteiger partial charge in [-0.05, 0) is 12.1 Å². The quantitative estimate of drug-likeness (QED) is 0.910. The van der Waals surface area contributed by atoms with Crippen molar-refractivity contribution in [3.8, 4) is 5.75 Å². The van der Waals surface area contributed by atoms with E-state index in [0.29, 0.717) is 25.3 Å². The van der Waals surface area contributed by atoms with E-state index in [1.165, 1.54) is 13.2 Å². The molecule has 0 radical (unpaired) electrons. The van der Waals surface area contributed by atoms with E-state index < -0.39 is 11.7 Å². The van der Waals surface area contributed by atoms with Crippen LogP contribution in [0.1, 0.15) is 17.2 Å². The molecular formula is C12H15ClF3NO2. The molecule has 0 saturated carbocycles. The zero-order valence-corrected chi connectivity index (χ0v) is 11.1. The molecule has 0 aromatic heterocycles. The molecule has 1 aromatic carbocycles. The highest BCUT2D eigenvalue weighted by molar-refractivity contribution is 5.85. The molecule has 7 heteroatoms. The zero-order chi connectivity index (χ0) is 13.2. The van der Waals surface area contributed by atoms with E-state index in [0.717, 1.165) is 12.1 Å². The summed E-state index contributed by atoms with van der Waals surface area (Å²) in [5.74, 6) is 0.229. The summed E-state index contributed by atoms with van der Waals surface area (Å²) in [5, 5.41) is 3.18. The summed E-state index contributed by atoms with van der Waals surface area (Å²) >= 11 is 0. The van der Waals surface area contributed by atoms with Gasteiger partial charge in [-0.1, -0.05) is 6.07 Å². The standard InChI is InChI=1S/C12H14F3NO2.ClH/c1-17-11-6-8(12(13,14)15)2-3-9(11)10-7-18-5-4-16-10;/h2-3,6,10,16H,4-5,7H2,1H3;1H/t10-;/m1./s1. The second-order valence-electron chi connectivity index (χ2n) is 4.04. The van der Waals surface area contributed by atoms with Crippen LogP contribution in [0.5, 0.6) is 5.75 Å². The number of ether oxygens (including phenoxy) is 2. The topological polar surface area (TPSA) is 30.5 Å². The lowest BCUT2D eigenvalue weighted by Crippen LogP contribution is -2.34. The second kappa shape index (κ2) is 6.45. The molecule has 3 nitrogen and oxygen atoms in total. The van der Waals surface area contributed by atoms with E-state index >= 15 is 0 Å². The lowest BCUT2D eigenvalue weighted by molar-refractivity contribution is -0.137. The smallest absolute Gasteiger partial charge is 0.416 e. The molecule has 1 fully saturated rings. The number of hydrogen-bond acceptors (Lipinski definition) is 3. The number of halogens is 4. The Morgan fingerprint density at radius 2 is 2.11 bits per heavy atom. The van der Waals surface area contributed by atoms with Gasteiger partial charge in [0.05, 0.1) is 31.9 Å². The van der Waals surface area contributed by atoms with Gasteiger partial charge < -0.3 is 14.8 Å². The van der Waals surface area contributed by atoms with Crippen molar-refractivity contribution in [1.29, 1.82) is 0 Å². The molecule has 0 bridgehead atoms. The molecule has 108 valence electrons. The van der Waals surface area contributed by atoms with Crippen LogP contribution in [0.15, 0.2) is 18.2 Å². The van der Waals surface area contributed by atoms with Crippen LogP contribution in [0.25, 0.3) is 0 Å². The van der Waals surface area contributed by atoms with E-state index in [1.54, 1.807) is 0 Å². The van der Waals surface area contributed by atoms with E-state index in [1.807, 2.05) is 0 Å². The van der Waals surface area contributed by atoms with Crippen molar-refractivity contribution >= 4 is 12.4 Å². The minimum absolute atomic E-state index is 0. The third kappa shape index (κ3) is 3.75. The van der Waals surface area contributed by atoms with Crippen molar-refractivity contribution in [2.75, 3.05) is 26.9 Å². The molecule has 1 aliphatic heterocycles. The number of benzene rings is 1. The highest BCUT2D eigenvalue weighted by atomic mass is 35.5. The average molecular weight is 298 g/mol. The van der Waals surface area contributed by atoms with E-state index in [-0.39, 0.29) is 24.2 Å². The van der Waals surface area contributed by atoms with Crippen LogP contribution < -0.4 is 10.1 Å². The monoisotopic (exact) mass is 297 g/mol. The largest absolute Gasteiger partial charge is 0.496 e. The number of morpholine rings is 1. The molecule has 0 spiro atoms. The Kier molecular flexibility index (Phi) is 5.46. The molecular weight excluding hydrogens is 283 g/mol. The SMILES string of the molecule is COc1cc(C(F)(F)F)ccc1[C@H]1COCCN1.Cl. The average Bonchev–Trinajstić information content (AvgIpc) is 2.38. The van der Waals surface area contributed by atoms with Crippen LogP contribution in [-0.4, -0.2) is 26.9 Å². The number of nitrogens with one attached hydrogen (secondary N) is 1. The maximum atomic E-state index is 12.6. The molecule has 19 heavy (non-hydrogen) atoms.